The lowest BCUT2D eigenvalue weighted by atomic mass is 9.95. The molecule has 1 heterocycles. The standard InChI is InChI=1S/C16H20N2O/c1-3-8-13-14(9-4-2)17-18-16(19)15(13)12-10-6-5-7-11-12/h5-7,10-11H,3-4,8-9H2,1-2H3,(H,18,19). The van der Waals surface area contributed by atoms with Crippen molar-refractivity contribution in [1.29, 1.82) is 0 Å². The van der Waals surface area contributed by atoms with Gasteiger partial charge in [-0.3, -0.25) is 4.79 Å². The summed E-state index contributed by atoms with van der Waals surface area (Å²) in [6.45, 7) is 4.26. The first-order valence-electron chi connectivity index (χ1n) is 6.93. The molecule has 2 rings (SSSR count). The van der Waals surface area contributed by atoms with Crippen molar-refractivity contribution < 1.29 is 0 Å². The Bertz CT molecular complexity index is 587. The number of aromatic amines is 1. The molecule has 0 unspecified atom stereocenters. The van der Waals surface area contributed by atoms with Gasteiger partial charge < -0.3 is 0 Å². The Kier molecular flexibility index (Phi) is 4.50. The first-order valence-corrected chi connectivity index (χ1v) is 6.93. The molecular formula is C16H20N2O. The van der Waals surface area contributed by atoms with Crippen molar-refractivity contribution in [3.63, 3.8) is 0 Å². The number of nitrogens with zero attached hydrogens (tertiary/aromatic N) is 1. The van der Waals surface area contributed by atoms with E-state index in [2.05, 4.69) is 24.0 Å². The van der Waals surface area contributed by atoms with Crippen LogP contribution < -0.4 is 5.56 Å². The Balaban J connectivity index is 2.63. The minimum atomic E-state index is -0.0884. The molecule has 0 aliphatic rings. The normalized spacial score (nSPS) is 10.6. The van der Waals surface area contributed by atoms with Gasteiger partial charge in [-0.1, -0.05) is 57.0 Å². The van der Waals surface area contributed by atoms with E-state index >= 15 is 0 Å². The number of rotatable bonds is 5. The van der Waals surface area contributed by atoms with Crippen LogP contribution in [0, 0.1) is 0 Å². The van der Waals surface area contributed by atoms with E-state index in [1.807, 2.05) is 30.3 Å². The fourth-order valence-electron chi connectivity index (χ4n) is 2.40. The van der Waals surface area contributed by atoms with E-state index < -0.39 is 0 Å². The molecule has 0 amide bonds. The Morgan fingerprint density at radius 1 is 1.05 bits per heavy atom. The Hall–Kier alpha value is -1.90. The number of aryl methyl sites for hydroxylation is 1. The molecule has 0 saturated carbocycles. The highest BCUT2D eigenvalue weighted by Gasteiger charge is 2.14. The molecule has 2 aromatic rings. The fourth-order valence-corrected chi connectivity index (χ4v) is 2.40. The van der Waals surface area contributed by atoms with Gasteiger partial charge in [-0.2, -0.15) is 5.10 Å². The van der Waals surface area contributed by atoms with E-state index in [9.17, 15) is 4.79 Å². The van der Waals surface area contributed by atoms with Crippen LogP contribution in [-0.2, 0) is 12.8 Å². The molecule has 0 saturated heterocycles. The van der Waals surface area contributed by atoms with Crippen molar-refractivity contribution in [2.24, 2.45) is 0 Å². The lowest BCUT2D eigenvalue weighted by Crippen LogP contribution is -2.17. The van der Waals surface area contributed by atoms with Crippen LogP contribution in [0.4, 0.5) is 0 Å². The maximum Gasteiger partial charge on any atom is 0.272 e. The number of H-pyrrole nitrogens is 1. The van der Waals surface area contributed by atoms with E-state index in [0.29, 0.717) is 0 Å². The lowest BCUT2D eigenvalue weighted by molar-refractivity contribution is 0.786. The topological polar surface area (TPSA) is 45.8 Å². The highest BCUT2D eigenvalue weighted by molar-refractivity contribution is 5.66. The number of aromatic nitrogens is 2. The fraction of sp³-hybridized carbons (Fsp3) is 0.375. The second-order valence-electron chi connectivity index (χ2n) is 4.72. The van der Waals surface area contributed by atoms with Crippen LogP contribution in [0.3, 0.4) is 0 Å². The number of nitrogens with one attached hydrogen (secondary N) is 1. The summed E-state index contributed by atoms with van der Waals surface area (Å²) in [5, 5.41) is 6.88. The van der Waals surface area contributed by atoms with Gasteiger partial charge in [0.2, 0.25) is 0 Å². The first-order chi connectivity index (χ1) is 9.27. The van der Waals surface area contributed by atoms with Crippen molar-refractivity contribution >= 4 is 0 Å². The SMILES string of the molecule is CCCc1n[nH]c(=O)c(-c2ccccc2)c1CCC. The van der Waals surface area contributed by atoms with Crippen LogP contribution >= 0.6 is 0 Å². The molecule has 0 spiro atoms. The molecule has 3 heteroatoms. The van der Waals surface area contributed by atoms with E-state index in [-0.39, 0.29) is 5.56 Å². The average Bonchev–Trinajstić information content (AvgIpc) is 2.43. The van der Waals surface area contributed by atoms with Crippen LogP contribution in [0.25, 0.3) is 11.1 Å². The number of hydrogen-bond acceptors (Lipinski definition) is 2. The number of hydrogen-bond donors (Lipinski definition) is 1. The van der Waals surface area contributed by atoms with Gasteiger partial charge in [-0.15, -0.1) is 0 Å². The maximum absolute atomic E-state index is 12.2. The Labute approximate surface area is 113 Å². The minimum Gasteiger partial charge on any atom is -0.267 e. The van der Waals surface area contributed by atoms with Crippen molar-refractivity contribution in [2.75, 3.05) is 0 Å². The predicted octanol–water partition coefficient (Wildman–Crippen LogP) is 3.34. The number of benzene rings is 1. The van der Waals surface area contributed by atoms with Gasteiger partial charge in [0.15, 0.2) is 0 Å². The molecule has 3 nitrogen and oxygen atoms in total. The van der Waals surface area contributed by atoms with Crippen LogP contribution in [0.5, 0.6) is 0 Å². The molecule has 0 radical (unpaired) electrons. The molecule has 0 bridgehead atoms. The van der Waals surface area contributed by atoms with Gasteiger partial charge in [0.1, 0.15) is 0 Å². The maximum atomic E-state index is 12.2. The summed E-state index contributed by atoms with van der Waals surface area (Å²) < 4.78 is 0. The first kappa shape index (κ1) is 13.5. The van der Waals surface area contributed by atoms with E-state index in [0.717, 1.165) is 48.1 Å². The van der Waals surface area contributed by atoms with E-state index in [1.54, 1.807) is 0 Å². The Morgan fingerprint density at radius 2 is 1.74 bits per heavy atom. The van der Waals surface area contributed by atoms with Gasteiger partial charge >= 0.3 is 0 Å². The van der Waals surface area contributed by atoms with Crippen LogP contribution in [0.15, 0.2) is 35.1 Å². The van der Waals surface area contributed by atoms with E-state index in [4.69, 9.17) is 0 Å². The quantitative estimate of drug-likeness (QED) is 0.891. The molecule has 19 heavy (non-hydrogen) atoms. The molecule has 0 aliphatic carbocycles. The summed E-state index contributed by atoms with van der Waals surface area (Å²) in [6.07, 6.45) is 3.86. The monoisotopic (exact) mass is 256 g/mol. The second-order valence-corrected chi connectivity index (χ2v) is 4.72. The zero-order chi connectivity index (χ0) is 13.7. The average molecular weight is 256 g/mol. The third-order valence-electron chi connectivity index (χ3n) is 3.22. The highest BCUT2D eigenvalue weighted by atomic mass is 16.1. The smallest absolute Gasteiger partial charge is 0.267 e. The van der Waals surface area contributed by atoms with Crippen molar-refractivity contribution in [3.05, 3.63) is 51.9 Å². The Morgan fingerprint density at radius 3 is 2.37 bits per heavy atom. The van der Waals surface area contributed by atoms with Crippen LogP contribution in [0.1, 0.15) is 37.9 Å². The summed E-state index contributed by atoms with van der Waals surface area (Å²) in [5.74, 6) is 0. The van der Waals surface area contributed by atoms with Crippen molar-refractivity contribution in [1.82, 2.24) is 10.2 Å². The van der Waals surface area contributed by atoms with Crippen molar-refractivity contribution in [2.45, 2.75) is 39.5 Å². The van der Waals surface area contributed by atoms with Gasteiger partial charge in [-0.05, 0) is 24.0 Å². The third-order valence-corrected chi connectivity index (χ3v) is 3.22. The summed E-state index contributed by atoms with van der Waals surface area (Å²) >= 11 is 0. The molecule has 100 valence electrons. The summed E-state index contributed by atoms with van der Waals surface area (Å²) in [6, 6.07) is 9.86. The lowest BCUT2D eigenvalue weighted by Gasteiger charge is -2.12. The molecule has 0 fully saturated rings. The second kappa shape index (κ2) is 6.32. The summed E-state index contributed by atoms with van der Waals surface area (Å²) in [4.78, 5) is 12.2. The molecule has 0 atom stereocenters. The third kappa shape index (κ3) is 2.92. The summed E-state index contributed by atoms with van der Waals surface area (Å²) in [7, 11) is 0. The minimum absolute atomic E-state index is 0.0884. The zero-order valence-corrected chi connectivity index (χ0v) is 11.6. The largest absolute Gasteiger partial charge is 0.272 e. The van der Waals surface area contributed by atoms with Crippen LogP contribution in [-0.4, -0.2) is 10.2 Å². The van der Waals surface area contributed by atoms with Gasteiger partial charge in [0, 0.05) is 0 Å². The highest BCUT2D eigenvalue weighted by Crippen LogP contribution is 2.23. The molecule has 1 N–H and O–H groups in total. The molecule has 1 aromatic carbocycles. The molecular weight excluding hydrogens is 236 g/mol. The van der Waals surface area contributed by atoms with Gasteiger partial charge in [0.05, 0.1) is 11.3 Å². The van der Waals surface area contributed by atoms with Crippen LogP contribution in [0.2, 0.25) is 0 Å². The molecule has 0 aliphatic heterocycles. The van der Waals surface area contributed by atoms with Crippen molar-refractivity contribution in [3.8, 4) is 11.1 Å². The predicted molar refractivity (Wildman–Crippen MR) is 78.3 cm³/mol. The zero-order valence-electron chi connectivity index (χ0n) is 11.6. The summed E-state index contributed by atoms with van der Waals surface area (Å²) in [5.41, 5.74) is 3.82. The molecule has 1 aromatic heterocycles. The van der Waals surface area contributed by atoms with Gasteiger partial charge in [0.25, 0.3) is 5.56 Å². The van der Waals surface area contributed by atoms with Gasteiger partial charge in [-0.25, -0.2) is 5.10 Å². The van der Waals surface area contributed by atoms with E-state index in [1.165, 1.54) is 0 Å².